The molecule has 2 rings (SSSR count). The van der Waals surface area contributed by atoms with Crippen LogP contribution in [0.3, 0.4) is 0 Å². The van der Waals surface area contributed by atoms with Crippen LogP contribution in [0.4, 0.5) is 0 Å². The number of hydrogen-bond acceptors (Lipinski definition) is 3. The lowest BCUT2D eigenvalue weighted by Gasteiger charge is -2.15. The van der Waals surface area contributed by atoms with Crippen LogP contribution in [0.2, 0.25) is 0 Å². The van der Waals surface area contributed by atoms with E-state index < -0.39 is 6.10 Å². The molecule has 0 radical (unpaired) electrons. The Labute approximate surface area is 125 Å². The van der Waals surface area contributed by atoms with Gasteiger partial charge in [0.2, 0.25) is 0 Å². The van der Waals surface area contributed by atoms with Gasteiger partial charge in [0.1, 0.15) is 5.75 Å². The second-order valence-electron chi connectivity index (χ2n) is 5.66. The van der Waals surface area contributed by atoms with Gasteiger partial charge in [0, 0.05) is 5.69 Å². The molecule has 1 atom stereocenters. The third kappa shape index (κ3) is 3.51. The zero-order chi connectivity index (χ0) is 15.6. The molecular formula is C17H22N2O2. The molecule has 0 N–H and O–H groups in total. The highest BCUT2D eigenvalue weighted by atomic mass is 16.5. The van der Waals surface area contributed by atoms with Crippen molar-refractivity contribution in [2.45, 2.75) is 46.6 Å². The van der Waals surface area contributed by atoms with Crippen molar-refractivity contribution < 1.29 is 9.53 Å². The molecule has 0 saturated heterocycles. The Bertz CT molecular complexity index is 627. The summed E-state index contributed by atoms with van der Waals surface area (Å²) in [6, 6.07) is 9.74. The van der Waals surface area contributed by atoms with Crippen LogP contribution in [-0.2, 0) is 0 Å². The lowest BCUT2D eigenvalue weighted by Crippen LogP contribution is -2.30. The fourth-order valence-electron chi connectivity index (χ4n) is 2.21. The van der Waals surface area contributed by atoms with Crippen LogP contribution in [0, 0.1) is 13.8 Å². The Morgan fingerprint density at radius 1 is 1.14 bits per heavy atom. The van der Waals surface area contributed by atoms with Crippen LogP contribution in [0.15, 0.2) is 30.3 Å². The number of hydrogen-bond donors (Lipinski definition) is 0. The molecule has 1 aromatic heterocycles. The van der Waals surface area contributed by atoms with Gasteiger partial charge in [-0.15, -0.1) is 0 Å². The Kier molecular flexibility index (Phi) is 4.46. The molecule has 0 aliphatic heterocycles. The molecule has 112 valence electrons. The molecule has 0 saturated carbocycles. The maximum atomic E-state index is 12.3. The molecule has 0 amide bonds. The molecule has 4 nitrogen and oxygen atoms in total. The van der Waals surface area contributed by atoms with Crippen molar-refractivity contribution >= 4 is 5.91 Å². The van der Waals surface area contributed by atoms with Crippen molar-refractivity contribution in [3.05, 3.63) is 47.3 Å². The minimum absolute atomic E-state index is 0.159. The molecular weight excluding hydrogens is 264 g/mol. The molecule has 0 unspecified atom stereocenters. The summed E-state index contributed by atoms with van der Waals surface area (Å²) in [6.45, 7) is 9.76. The number of carbonyl (C=O) groups excluding carboxylic acids is 1. The van der Waals surface area contributed by atoms with Gasteiger partial charge in [-0.2, -0.15) is 5.10 Å². The average molecular weight is 286 g/mol. The van der Waals surface area contributed by atoms with Crippen molar-refractivity contribution in [3.8, 4) is 5.75 Å². The number of aryl methyl sites for hydroxylation is 2. The van der Waals surface area contributed by atoms with E-state index in [4.69, 9.17) is 4.74 Å². The summed E-state index contributed by atoms with van der Waals surface area (Å²) in [5, 5.41) is 4.20. The molecule has 0 aliphatic carbocycles. The van der Waals surface area contributed by atoms with Crippen LogP contribution < -0.4 is 4.74 Å². The van der Waals surface area contributed by atoms with Crippen LogP contribution in [0.5, 0.6) is 5.75 Å². The minimum atomic E-state index is -0.576. The first kappa shape index (κ1) is 15.3. The number of benzene rings is 1. The molecule has 2 aromatic rings. The number of ether oxygens (including phenoxy) is 1. The van der Waals surface area contributed by atoms with E-state index in [0.29, 0.717) is 11.7 Å². The Balaban J connectivity index is 2.08. The van der Waals surface area contributed by atoms with Gasteiger partial charge >= 0.3 is 0 Å². The molecule has 0 fully saturated rings. The Morgan fingerprint density at radius 3 is 2.24 bits per heavy atom. The van der Waals surface area contributed by atoms with Crippen molar-refractivity contribution in [1.29, 1.82) is 0 Å². The van der Waals surface area contributed by atoms with Crippen LogP contribution in [0.25, 0.3) is 0 Å². The number of rotatable bonds is 4. The maximum absolute atomic E-state index is 12.3. The zero-order valence-electron chi connectivity index (χ0n) is 13.3. The fraction of sp³-hybridized carbons (Fsp3) is 0.412. The number of nitrogens with zero attached hydrogens (tertiary/aromatic N) is 2. The standard InChI is InChI=1S/C17H22N2O2/c1-11(2)15-6-8-16(9-7-15)21-14(5)17(20)19-13(4)10-12(3)18-19/h6-11,14H,1-5H3/t14-/m1/s1. The predicted octanol–water partition coefficient (Wildman–Crippen LogP) is 3.73. The van der Waals surface area contributed by atoms with E-state index in [0.717, 1.165) is 11.4 Å². The first-order valence-corrected chi connectivity index (χ1v) is 7.22. The van der Waals surface area contributed by atoms with E-state index in [1.807, 2.05) is 44.2 Å². The molecule has 4 heteroatoms. The van der Waals surface area contributed by atoms with Crippen molar-refractivity contribution in [2.24, 2.45) is 0 Å². The monoisotopic (exact) mass is 286 g/mol. The van der Waals surface area contributed by atoms with Crippen LogP contribution >= 0.6 is 0 Å². The van der Waals surface area contributed by atoms with Gasteiger partial charge in [0.15, 0.2) is 6.10 Å². The van der Waals surface area contributed by atoms with Crippen LogP contribution in [0.1, 0.15) is 48.4 Å². The summed E-state index contributed by atoms with van der Waals surface area (Å²) >= 11 is 0. The first-order chi connectivity index (χ1) is 9.88. The van der Waals surface area contributed by atoms with E-state index in [-0.39, 0.29) is 5.91 Å². The SMILES string of the molecule is Cc1cc(C)n(C(=O)[C@@H](C)Oc2ccc(C(C)C)cc2)n1. The fourth-order valence-corrected chi connectivity index (χ4v) is 2.21. The molecule has 21 heavy (non-hydrogen) atoms. The highest BCUT2D eigenvalue weighted by molar-refractivity contribution is 5.83. The normalized spacial score (nSPS) is 12.5. The van der Waals surface area contributed by atoms with E-state index in [1.54, 1.807) is 6.92 Å². The van der Waals surface area contributed by atoms with E-state index >= 15 is 0 Å². The third-order valence-electron chi connectivity index (χ3n) is 3.43. The zero-order valence-corrected chi connectivity index (χ0v) is 13.3. The largest absolute Gasteiger partial charge is 0.481 e. The van der Waals surface area contributed by atoms with Gasteiger partial charge in [0.25, 0.3) is 5.91 Å². The van der Waals surface area contributed by atoms with Crippen molar-refractivity contribution in [3.63, 3.8) is 0 Å². The van der Waals surface area contributed by atoms with E-state index in [1.165, 1.54) is 10.2 Å². The second kappa shape index (κ2) is 6.12. The van der Waals surface area contributed by atoms with Gasteiger partial charge in [-0.3, -0.25) is 4.79 Å². The molecule has 0 aliphatic rings. The quantitative estimate of drug-likeness (QED) is 0.860. The third-order valence-corrected chi connectivity index (χ3v) is 3.43. The summed E-state index contributed by atoms with van der Waals surface area (Å²) in [5.74, 6) is 1.02. The summed E-state index contributed by atoms with van der Waals surface area (Å²) in [7, 11) is 0. The van der Waals surface area contributed by atoms with Gasteiger partial charge in [0.05, 0.1) is 5.69 Å². The summed E-state index contributed by atoms with van der Waals surface area (Å²) < 4.78 is 7.12. The maximum Gasteiger partial charge on any atom is 0.287 e. The lowest BCUT2D eigenvalue weighted by atomic mass is 10.0. The van der Waals surface area contributed by atoms with Crippen molar-refractivity contribution in [1.82, 2.24) is 9.78 Å². The van der Waals surface area contributed by atoms with Crippen LogP contribution in [-0.4, -0.2) is 21.8 Å². The van der Waals surface area contributed by atoms with Gasteiger partial charge in [-0.1, -0.05) is 26.0 Å². The van der Waals surface area contributed by atoms with Gasteiger partial charge in [-0.05, 0) is 50.5 Å². The van der Waals surface area contributed by atoms with Gasteiger partial charge in [-0.25, -0.2) is 4.68 Å². The molecule has 1 aromatic carbocycles. The second-order valence-corrected chi connectivity index (χ2v) is 5.66. The lowest BCUT2D eigenvalue weighted by molar-refractivity contribution is 0.0707. The molecule has 0 bridgehead atoms. The average Bonchev–Trinajstić information content (AvgIpc) is 2.77. The number of aromatic nitrogens is 2. The Hall–Kier alpha value is -2.10. The smallest absolute Gasteiger partial charge is 0.287 e. The van der Waals surface area contributed by atoms with Crippen molar-refractivity contribution in [2.75, 3.05) is 0 Å². The Morgan fingerprint density at radius 2 is 1.76 bits per heavy atom. The molecule has 0 spiro atoms. The van der Waals surface area contributed by atoms with E-state index in [9.17, 15) is 4.79 Å². The van der Waals surface area contributed by atoms with E-state index in [2.05, 4.69) is 18.9 Å². The first-order valence-electron chi connectivity index (χ1n) is 7.22. The summed E-state index contributed by atoms with van der Waals surface area (Å²) in [5.41, 5.74) is 2.90. The topological polar surface area (TPSA) is 44.1 Å². The van der Waals surface area contributed by atoms with Gasteiger partial charge < -0.3 is 4.74 Å². The summed E-state index contributed by atoms with van der Waals surface area (Å²) in [6.07, 6.45) is -0.576. The highest BCUT2D eigenvalue weighted by Crippen LogP contribution is 2.19. The summed E-state index contributed by atoms with van der Waals surface area (Å²) in [4.78, 5) is 12.3. The highest BCUT2D eigenvalue weighted by Gasteiger charge is 2.19. The number of carbonyl (C=O) groups is 1. The minimum Gasteiger partial charge on any atom is -0.481 e. The molecule has 1 heterocycles. The predicted molar refractivity (Wildman–Crippen MR) is 82.9 cm³/mol.